The Labute approximate surface area is 86.6 Å². The van der Waals surface area contributed by atoms with Gasteiger partial charge in [0.15, 0.2) is 0 Å². The van der Waals surface area contributed by atoms with Gasteiger partial charge < -0.3 is 16.4 Å². The lowest BCUT2D eigenvalue weighted by Gasteiger charge is -2.21. The zero-order valence-electron chi connectivity index (χ0n) is 9.33. The number of nitrogens with zero attached hydrogens (tertiary/aromatic N) is 1. The third-order valence-electron chi connectivity index (χ3n) is 2.40. The van der Waals surface area contributed by atoms with Crippen molar-refractivity contribution >= 4 is 5.91 Å². The normalized spacial score (nSPS) is 13.1. The predicted octanol–water partition coefficient (Wildman–Crippen LogP) is 0.311. The van der Waals surface area contributed by atoms with Crippen LogP contribution in [-0.4, -0.2) is 36.5 Å². The summed E-state index contributed by atoms with van der Waals surface area (Å²) < 4.78 is 0. The van der Waals surface area contributed by atoms with E-state index in [1.165, 1.54) is 12.8 Å². The van der Waals surface area contributed by atoms with Crippen molar-refractivity contribution in [2.45, 2.75) is 39.2 Å². The van der Waals surface area contributed by atoms with Crippen molar-refractivity contribution in [1.29, 1.82) is 0 Å². The molecule has 0 aliphatic heterocycles. The first-order valence-electron chi connectivity index (χ1n) is 5.39. The van der Waals surface area contributed by atoms with Gasteiger partial charge in [-0.2, -0.15) is 0 Å². The molecule has 14 heavy (non-hydrogen) atoms. The molecule has 0 radical (unpaired) electrons. The van der Waals surface area contributed by atoms with E-state index in [9.17, 15) is 4.79 Å². The van der Waals surface area contributed by atoms with Crippen LogP contribution in [-0.2, 0) is 4.79 Å². The predicted molar refractivity (Wildman–Crippen MR) is 58.8 cm³/mol. The van der Waals surface area contributed by atoms with Gasteiger partial charge in [0, 0.05) is 6.54 Å². The van der Waals surface area contributed by atoms with Crippen molar-refractivity contribution in [3.8, 4) is 0 Å². The van der Waals surface area contributed by atoms with Gasteiger partial charge in [-0.15, -0.1) is 0 Å². The van der Waals surface area contributed by atoms with E-state index < -0.39 is 11.9 Å². The molecule has 0 aromatic heterocycles. The number of nitrogens with two attached hydrogens (primary N) is 2. The average molecular weight is 201 g/mol. The number of rotatable bonds is 8. The van der Waals surface area contributed by atoms with Crippen molar-refractivity contribution in [2.75, 3.05) is 19.6 Å². The van der Waals surface area contributed by atoms with Crippen LogP contribution in [0.25, 0.3) is 0 Å². The first kappa shape index (κ1) is 13.4. The summed E-state index contributed by atoms with van der Waals surface area (Å²) in [6.45, 7) is 7.24. The third-order valence-corrected chi connectivity index (χ3v) is 2.40. The first-order valence-corrected chi connectivity index (χ1v) is 5.39. The van der Waals surface area contributed by atoms with Gasteiger partial charge in [-0.05, 0) is 25.9 Å². The summed E-state index contributed by atoms with van der Waals surface area (Å²) >= 11 is 0. The lowest BCUT2D eigenvalue weighted by atomic mass is 10.2. The Morgan fingerprint density at radius 1 is 1.36 bits per heavy atom. The molecule has 0 bridgehead atoms. The molecule has 0 rings (SSSR count). The third kappa shape index (κ3) is 5.94. The summed E-state index contributed by atoms with van der Waals surface area (Å²) in [5.74, 6) is -0.406. The average Bonchev–Trinajstić information content (AvgIpc) is 2.17. The largest absolute Gasteiger partial charge is 0.368 e. The Kier molecular flexibility index (Phi) is 7.42. The quantitative estimate of drug-likeness (QED) is 0.593. The maximum Gasteiger partial charge on any atom is 0.234 e. The van der Waals surface area contributed by atoms with Gasteiger partial charge in [0.25, 0.3) is 0 Å². The summed E-state index contributed by atoms with van der Waals surface area (Å²) in [5, 5.41) is 0. The molecule has 0 fully saturated rings. The molecule has 0 aliphatic rings. The fraction of sp³-hybridized carbons (Fsp3) is 0.900. The van der Waals surface area contributed by atoms with E-state index in [1.807, 2.05) is 0 Å². The van der Waals surface area contributed by atoms with Crippen LogP contribution in [0.1, 0.15) is 33.1 Å². The van der Waals surface area contributed by atoms with Crippen LogP contribution >= 0.6 is 0 Å². The van der Waals surface area contributed by atoms with Crippen molar-refractivity contribution in [3.63, 3.8) is 0 Å². The molecule has 1 unspecified atom stereocenters. The van der Waals surface area contributed by atoms with Crippen molar-refractivity contribution in [3.05, 3.63) is 0 Å². The molecule has 4 heteroatoms. The standard InChI is InChI=1S/C10H23N3O/c1-3-5-7-13(4-2)8-6-9(11)10(12)14/h9H,3-8,11H2,1-2H3,(H2,12,14). The second-order valence-corrected chi connectivity index (χ2v) is 3.59. The highest BCUT2D eigenvalue weighted by Crippen LogP contribution is 1.98. The number of unbranched alkanes of at least 4 members (excludes halogenated alkanes) is 1. The topological polar surface area (TPSA) is 72.3 Å². The maximum atomic E-state index is 10.7. The zero-order chi connectivity index (χ0) is 11.0. The SMILES string of the molecule is CCCCN(CC)CCC(N)C(N)=O. The summed E-state index contributed by atoms with van der Waals surface area (Å²) in [6, 6.07) is -0.495. The minimum Gasteiger partial charge on any atom is -0.368 e. The van der Waals surface area contributed by atoms with E-state index in [4.69, 9.17) is 11.5 Å². The zero-order valence-corrected chi connectivity index (χ0v) is 9.33. The molecular formula is C10H23N3O. The lowest BCUT2D eigenvalue weighted by Crippen LogP contribution is -2.39. The van der Waals surface area contributed by atoms with E-state index in [1.54, 1.807) is 0 Å². The van der Waals surface area contributed by atoms with Gasteiger partial charge in [-0.3, -0.25) is 4.79 Å². The highest BCUT2D eigenvalue weighted by molar-refractivity contribution is 5.79. The van der Waals surface area contributed by atoms with Crippen LogP contribution in [0.2, 0.25) is 0 Å². The number of hydrogen-bond acceptors (Lipinski definition) is 3. The van der Waals surface area contributed by atoms with Crippen LogP contribution in [0, 0.1) is 0 Å². The molecule has 0 aromatic carbocycles. The highest BCUT2D eigenvalue weighted by atomic mass is 16.1. The molecule has 4 nitrogen and oxygen atoms in total. The molecule has 4 N–H and O–H groups in total. The molecule has 0 aromatic rings. The van der Waals surface area contributed by atoms with Crippen LogP contribution < -0.4 is 11.5 Å². The highest BCUT2D eigenvalue weighted by Gasteiger charge is 2.10. The monoisotopic (exact) mass is 201 g/mol. The second kappa shape index (κ2) is 7.76. The smallest absolute Gasteiger partial charge is 0.234 e. The van der Waals surface area contributed by atoms with E-state index >= 15 is 0 Å². The number of carbonyl (C=O) groups excluding carboxylic acids is 1. The fourth-order valence-electron chi connectivity index (χ4n) is 1.27. The molecule has 1 amide bonds. The van der Waals surface area contributed by atoms with Gasteiger partial charge in [-0.1, -0.05) is 20.3 Å². The van der Waals surface area contributed by atoms with Gasteiger partial charge >= 0.3 is 0 Å². The molecule has 1 atom stereocenters. The Morgan fingerprint density at radius 3 is 2.43 bits per heavy atom. The molecule has 0 saturated carbocycles. The molecule has 0 aliphatic carbocycles. The molecule has 0 spiro atoms. The molecule has 84 valence electrons. The molecule has 0 heterocycles. The van der Waals surface area contributed by atoms with Crippen LogP contribution in [0.3, 0.4) is 0 Å². The number of carbonyl (C=O) groups is 1. The van der Waals surface area contributed by atoms with Crippen LogP contribution in [0.4, 0.5) is 0 Å². The van der Waals surface area contributed by atoms with Crippen LogP contribution in [0.5, 0.6) is 0 Å². The van der Waals surface area contributed by atoms with Crippen molar-refractivity contribution < 1.29 is 4.79 Å². The van der Waals surface area contributed by atoms with E-state index in [0.29, 0.717) is 6.42 Å². The fourth-order valence-corrected chi connectivity index (χ4v) is 1.27. The minimum atomic E-state index is -0.495. The number of hydrogen-bond donors (Lipinski definition) is 2. The molecular weight excluding hydrogens is 178 g/mol. The van der Waals surface area contributed by atoms with Crippen molar-refractivity contribution in [1.82, 2.24) is 4.90 Å². The minimum absolute atomic E-state index is 0.406. The van der Waals surface area contributed by atoms with E-state index in [0.717, 1.165) is 19.6 Å². The first-order chi connectivity index (χ1) is 6.61. The van der Waals surface area contributed by atoms with E-state index in [2.05, 4.69) is 18.7 Å². The van der Waals surface area contributed by atoms with Gasteiger partial charge in [0.05, 0.1) is 6.04 Å². The Balaban J connectivity index is 3.66. The van der Waals surface area contributed by atoms with Gasteiger partial charge in [0.1, 0.15) is 0 Å². The Bertz CT molecular complexity index is 161. The lowest BCUT2D eigenvalue weighted by molar-refractivity contribution is -0.119. The summed E-state index contributed by atoms with van der Waals surface area (Å²) in [7, 11) is 0. The second-order valence-electron chi connectivity index (χ2n) is 3.59. The summed E-state index contributed by atoms with van der Waals surface area (Å²) in [6.07, 6.45) is 3.05. The number of primary amides is 1. The van der Waals surface area contributed by atoms with Crippen LogP contribution in [0.15, 0.2) is 0 Å². The van der Waals surface area contributed by atoms with Gasteiger partial charge in [0.2, 0.25) is 5.91 Å². The maximum absolute atomic E-state index is 10.7. The summed E-state index contributed by atoms with van der Waals surface area (Å²) in [4.78, 5) is 13.0. The Hall–Kier alpha value is -0.610. The van der Waals surface area contributed by atoms with E-state index in [-0.39, 0.29) is 0 Å². The van der Waals surface area contributed by atoms with Gasteiger partial charge in [-0.25, -0.2) is 0 Å². The number of amides is 1. The Morgan fingerprint density at radius 2 is 2.00 bits per heavy atom. The summed E-state index contributed by atoms with van der Waals surface area (Å²) in [5.41, 5.74) is 10.6. The van der Waals surface area contributed by atoms with Crippen molar-refractivity contribution in [2.24, 2.45) is 11.5 Å². The molecule has 0 saturated heterocycles.